The van der Waals surface area contributed by atoms with Crippen LogP contribution >= 0.6 is 0 Å². The van der Waals surface area contributed by atoms with Gasteiger partial charge in [0.2, 0.25) is 0 Å². The van der Waals surface area contributed by atoms with Gasteiger partial charge in [0.15, 0.2) is 5.78 Å². The van der Waals surface area contributed by atoms with E-state index in [0.29, 0.717) is 5.56 Å². The molecule has 1 rings (SSSR count). The highest BCUT2D eigenvalue weighted by Gasteiger charge is 2.15. The molecule has 4 nitrogen and oxygen atoms in total. The molecule has 0 spiro atoms. The summed E-state index contributed by atoms with van der Waals surface area (Å²) >= 11 is 0. The molecule has 114 valence electrons. The van der Waals surface area contributed by atoms with E-state index in [4.69, 9.17) is 9.84 Å². The van der Waals surface area contributed by atoms with E-state index in [0.717, 1.165) is 29.0 Å². The number of carbonyl (C=O) groups is 2. The first-order chi connectivity index (χ1) is 9.72. The molecule has 0 aliphatic rings. The van der Waals surface area contributed by atoms with Gasteiger partial charge in [-0.15, -0.1) is 0 Å². The molecule has 0 fully saturated rings. The van der Waals surface area contributed by atoms with Crippen molar-refractivity contribution in [2.24, 2.45) is 0 Å². The molecule has 1 aromatic carbocycles. The molecule has 21 heavy (non-hydrogen) atoms. The zero-order valence-corrected chi connectivity index (χ0v) is 13.1. The lowest BCUT2D eigenvalue weighted by atomic mass is 9.94. The Morgan fingerprint density at radius 1 is 1.14 bits per heavy atom. The normalized spacial score (nSPS) is 11.4. The average molecular weight is 290 g/mol. The molecule has 1 N–H and O–H groups in total. The number of carboxylic acids is 1. The van der Waals surface area contributed by atoms with E-state index in [2.05, 4.69) is 0 Å². The number of carboxylic acid groups (broad SMARTS) is 1. The quantitative estimate of drug-likeness (QED) is 0.640. The summed E-state index contributed by atoms with van der Waals surface area (Å²) in [6.45, 7) is 9.78. The Balaban J connectivity index is 3.26. The molecule has 1 aromatic rings. The average Bonchev–Trinajstić information content (AvgIpc) is 2.34. The first-order valence-corrected chi connectivity index (χ1v) is 6.99. The van der Waals surface area contributed by atoms with Crippen LogP contribution in [0.5, 0.6) is 5.75 Å². The van der Waals surface area contributed by atoms with Gasteiger partial charge in [0.1, 0.15) is 5.75 Å². The van der Waals surface area contributed by atoms with Gasteiger partial charge in [0.25, 0.3) is 0 Å². The van der Waals surface area contributed by atoms with Crippen LogP contribution < -0.4 is 4.74 Å². The molecule has 0 amide bonds. The van der Waals surface area contributed by atoms with Crippen molar-refractivity contribution in [1.29, 1.82) is 0 Å². The summed E-state index contributed by atoms with van der Waals surface area (Å²) in [5.41, 5.74) is 2.23. The topological polar surface area (TPSA) is 63.6 Å². The van der Waals surface area contributed by atoms with Crippen LogP contribution in [0, 0.1) is 6.92 Å². The van der Waals surface area contributed by atoms with Crippen molar-refractivity contribution in [3.63, 3.8) is 0 Å². The minimum Gasteiger partial charge on any atom is -0.491 e. The fourth-order valence-electron chi connectivity index (χ4n) is 2.01. The molecule has 4 heteroatoms. The van der Waals surface area contributed by atoms with E-state index in [1.165, 1.54) is 0 Å². The van der Waals surface area contributed by atoms with Gasteiger partial charge in [-0.3, -0.25) is 4.79 Å². The SMILES string of the molecule is Cc1cc(OC(C)C)c(C(C)C)cc1C(=O)/C=C/C(=O)O. The lowest BCUT2D eigenvalue weighted by Crippen LogP contribution is -2.10. The minimum absolute atomic E-state index is 0.0513. The standard InChI is InChI=1S/C17H22O4/c1-10(2)13-9-14(15(18)6-7-17(19)20)12(5)8-16(13)21-11(3)4/h6-11H,1-5H3,(H,19,20)/b7-6+. The number of hydrogen-bond acceptors (Lipinski definition) is 3. The maximum atomic E-state index is 12.1. The van der Waals surface area contributed by atoms with Crippen molar-refractivity contribution in [3.05, 3.63) is 41.0 Å². The summed E-state index contributed by atoms with van der Waals surface area (Å²) < 4.78 is 5.80. The summed E-state index contributed by atoms with van der Waals surface area (Å²) in [6.07, 6.45) is 1.99. The molecule has 0 saturated carbocycles. The van der Waals surface area contributed by atoms with E-state index in [-0.39, 0.29) is 17.8 Å². The zero-order valence-electron chi connectivity index (χ0n) is 13.1. The number of rotatable bonds is 6. The largest absolute Gasteiger partial charge is 0.491 e. The Hall–Kier alpha value is -2.10. The second-order valence-corrected chi connectivity index (χ2v) is 5.56. The summed E-state index contributed by atoms with van der Waals surface area (Å²) in [6, 6.07) is 3.64. The van der Waals surface area contributed by atoms with E-state index in [9.17, 15) is 9.59 Å². The molecule has 0 unspecified atom stereocenters. The van der Waals surface area contributed by atoms with Crippen molar-refractivity contribution in [2.45, 2.75) is 46.6 Å². The molecule has 0 aliphatic heterocycles. The van der Waals surface area contributed by atoms with Crippen LogP contribution in [-0.4, -0.2) is 23.0 Å². The van der Waals surface area contributed by atoms with Gasteiger partial charge in [-0.05, 0) is 56.0 Å². The first-order valence-electron chi connectivity index (χ1n) is 6.99. The summed E-state index contributed by atoms with van der Waals surface area (Å²) in [4.78, 5) is 22.6. The van der Waals surface area contributed by atoms with Crippen LogP contribution in [0.2, 0.25) is 0 Å². The Labute approximate surface area is 125 Å². The second-order valence-electron chi connectivity index (χ2n) is 5.56. The van der Waals surface area contributed by atoms with Crippen molar-refractivity contribution in [2.75, 3.05) is 0 Å². The Kier molecular flexibility index (Phi) is 5.70. The van der Waals surface area contributed by atoms with E-state index < -0.39 is 5.97 Å². The van der Waals surface area contributed by atoms with E-state index >= 15 is 0 Å². The fourth-order valence-corrected chi connectivity index (χ4v) is 2.01. The first kappa shape index (κ1) is 17.0. The van der Waals surface area contributed by atoms with Crippen molar-refractivity contribution in [3.8, 4) is 5.75 Å². The second kappa shape index (κ2) is 7.07. The molecule has 0 bridgehead atoms. The van der Waals surface area contributed by atoms with Crippen LogP contribution in [0.25, 0.3) is 0 Å². The lowest BCUT2D eigenvalue weighted by molar-refractivity contribution is -0.131. The number of ketones is 1. The minimum atomic E-state index is -1.13. The molecular formula is C17H22O4. The third-order valence-corrected chi connectivity index (χ3v) is 2.98. The highest BCUT2D eigenvalue weighted by Crippen LogP contribution is 2.31. The predicted octanol–water partition coefficient (Wildman–Crippen LogP) is 3.73. The number of allylic oxidation sites excluding steroid dienone is 1. The summed E-state index contributed by atoms with van der Waals surface area (Å²) in [7, 11) is 0. The van der Waals surface area contributed by atoms with Crippen molar-refractivity contribution in [1.82, 2.24) is 0 Å². The number of benzene rings is 1. The van der Waals surface area contributed by atoms with Crippen molar-refractivity contribution < 1.29 is 19.4 Å². The molecule has 0 radical (unpaired) electrons. The molecule has 0 aliphatic carbocycles. The van der Waals surface area contributed by atoms with Gasteiger partial charge in [0.05, 0.1) is 6.10 Å². The Bertz CT molecular complexity index is 568. The van der Waals surface area contributed by atoms with Crippen LogP contribution in [-0.2, 0) is 4.79 Å². The van der Waals surface area contributed by atoms with Crippen molar-refractivity contribution >= 4 is 11.8 Å². The van der Waals surface area contributed by atoms with Crippen LogP contribution in [0.1, 0.15) is 55.1 Å². The highest BCUT2D eigenvalue weighted by molar-refractivity contribution is 6.08. The summed E-state index contributed by atoms with van der Waals surface area (Å²) in [5.74, 6) is -0.469. The molecular weight excluding hydrogens is 268 g/mol. The predicted molar refractivity (Wildman–Crippen MR) is 82.1 cm³/mol. The Morgan fingerprint density at radius 3 is 2.24 bits per heavy atom. The molecule has 0 atom stereocenters. The van der Waals surface area contributed by atoms with Gasteiger partial charge in [-0.1, -0.05) is 13.8 Å². The maximum Gasteiger partial charge on any atom is 0.328 e. The van der Waals surface area contributed by atoms with Gasteiger partial charge in [-0.25, -0.2) is 4.79 Å². The van der Waals surface area contributed by atoms with Gasteiger partial charge < -0.3 is 9.84 Å². The smallest absolute Gasteiger partial charge is 0.328 e. The number of aryl methyl sites for hydroxylation is 1. The number of ether oxygens (including phenoxy) is 1. The number of carbonyl (C=O) groups excluding carboxylic acids is 1. The van der Waals surface area contributed by atoms with E-state index in [1.54, 1.807) is 6.07 Å². The highest BCUT2D eigenvalue weighted by atomic mass is 16.5. The maximum absolute atomic E-state index is 12.1. The number of hydrogen-bond donors (Lipinski definition) is 1. The van der Waals surface area contributed by atoms with Crippen LogP contribution in [0.4, 0.5) is 0 Å². The van der Waals surface area contributed by atoms with Gasteiger partial charge >= 0.3 is 5.97 Å². The monoisotopic (exact) mass is 290 g/mol. The molecule has 0 aromatic heterocycles. The molecule has 0 heterocycles. The zero-order chi connectivity index (χ0) is 16.2. The van der Waals surface area contributed by atoms with Crippen LogP contribution in [0.15, 0.2) is 24.3 Å². The van der Waals surface area contributed by atoms with Crippen LogP contribution in [0.3, 0.4) is 0 Å². The number of aliphatic carboxylic acids is 1. The van der Waals surface area contributed by atoms with Gasteiger partial charge in [0, 0.05) is 11.6 Å². The van der Waals surface area contributed by atoms with E-state index in [1.807, 2.05) is 40.7 Å². The fraction of sp³-hybridized carbons (Fsp3) is 0.412. The lowest BCUT2D eigenvalue weighted by Gasteiger charge is -2.18. The third kappa shape index (κ3) is 4.74. The Morgan fingerprint density at radius 2 is 1.76 bits per heavy atom. The van der Waals surface area contributed by atoms with Gasteiger partial charge in [-0.2, -0.15) is 0 Å². The summed E-state index contributed by atoms with van der Waals surface area (Å²) in [5, 5.41) is 8.61. The molecule has 0 saturated heterocycles. The third-order valence-electron chi connectivity index (χ3n) is 2.98.